The van der Waals surface area contributed by atoms with E-state index in [9.17, 15) is 9.59 Å². The fourth-order valence-electron chi connectivity index (χ4n) is 3.28. The maximum absolute atomic E-state index is 12.4. The molecule has 2 aromatic rings. The number of likely N-dealkylation sites (N-methyl/N-ethyl adjacent to an activating group) is 1. The second kappa shape index (κ2) is 6.27. The number of nitrogens with one attached hydrogen (secondary N) is 3. The normalized spacial score (nSPS) is 21.1. The summed E-state index contributed by atoms with van der Waals surface area (Å²) in [5, 5.41) is 10.4. The molecule has 0 bridgehead atoms. The van der Waals surface area contributed by atoms with Crippen molar-refractivity contribution in [2.24, 2.45) is 0 Å². The molecule has 1 aromatic heterocycles. The number of amides is 1. The molecule has 3 rings (SSSR count). The summed E-state index contributed by atoms with van der Waals surface area (Å²) in [4.78, 5) is 25.7. The standard InChI is InChI=1S/C16H20N4O2/c1-2-20-9-5-6-11(20)10-17-16(22)14-12-7-3-4-8-13(12)15(21)19-18-14/h3-4,7-8,11H,2,5-6,9-10H2,1H3,(H,17,22)(H,19,21)/p+1. The molecule has 1 aliphatic rings. The van der Waals surface area contributed by atoms with E-state index in [-0.39, 0.29) is 17.2 Å². The molecule has 0 radical (unpaired) electrons. The smallest absolute Gasteiger partial charge is 0.272 e. The average molecular weight is 301 g/mol. The number of fused-ring (bicyclic) bond motifs is 1. The van der Waals surface area contributed by atoms with E-state index in [1.807, 2.05) is 0 Å². The highest BCUT2D eigenvalue weighted by Crippen LogP contribution is 2.12. The Kier molecular flexibility index (Phi) is 4.20. The van der Waals surface area contributed by atoms with Crippen LogP contribution in [-0.4, -0.2) is 41.8 Å². The number of nitrogens with zero attached hydrogens (tertiary/aromatic N) is 1. The van der Waals surface area contributed by atoms with Crippen LogP contribution in [0.5, 0.6) is 0 Å². The molecule has 6 heteroatoms. The third kappa shape index (κ3) is 2.74. The quantitative estimate of drug-likeness (QED) is 0.727. The SMILES string of the molecule is CC[NH+]1CCCC1CNC(=O)c1n[nH]c(=O)c2ccccc12. The van der Waals surface area contributed by atoms with Crippen LogP contribution in [0.1, 0.15) is 30.3 Å². The minimum Gasteiger partial charge on any atom is -0.345 e. The lowest BCUT2D eigenvalue weighted by atomic mass is 10.1. The zero-order chi connectivity index (χ0) is 15.5. The zero-order valence-corrected chi connectivity index (χ0v) is 12.7. The monoisotopic (exact) mass is 301 g/mol. The summed E-state index contributed by atoms with van der Waals surface area (Å²) in [5.74, 6) is -0.227. The average Bonchev–Trinajstić information content (AvgIpc) is 3.01. The summed E-state index contributed by atoms with van der Waals surface area (Å²) < 4.78 is 0. The van der Waals surface area contributed by atoms with Crippen LogP contribution >= 0.6 is 0 Å². The fourth-order valence-corrected chi connectivity index (χ4v) is 3.28. The Morgan fingerprint density at radius 1 is 1.41 bits per heavy atom. The van der Waals surface area contributed by atoms with Crippen molar-refractivity contribution in [1.29, 1.82) is 0 Å². The van der Waals surface area contributed by atoms with Crippen LogP contribution in [0, 0.1) is 0 Å². The second-order valence-electron chi connectivity index (χ2n) is 5.76. The molecule has 2 heterocycles. The number of hydrogen-bond acceptors (Lipinski definition) is 3. The summed E-state index contributed by atoms with van der Waals surface area (Å²) >= 11 is 0. The predicted octanol–water partition coefficient (Wildman–Crippen LogP) is -0.280. The van der Waals surface area contributed by atoms with Gasteiger partial charge in [-0.3, -0.25) is 9.59 Å². The van der Waals surface area contributed by atoms with E-state index in [1.54, 1.807) is 29.2 Å². The van der Waals surface area contributed by atoms with E-state index in [1.165, 1.54) is 13.0 Å². The lowest BCUT2D eigenvalue weighted by molar-refractivity contribution is -0.909. The lowest BCUT2D eigenvalue weighted by Gasteiger charge is -2.20. The van der Waals surface area contributed by atoms with Crippen molar-refractivity contribution < 1.29 is 9.69 Å². The lowest BCUT2D eigenvalue weighted by Crippen LogP contribution is -3.14. The van der Waals surface area contributed by atoms with Gasteiger partial charge < -0.3 is 10.2 Å². The number of benzene rings is 1. The fraction of sp³-hybridized carbons (Fsp3) is 0.438. The number of aromatic nitrogens is 2. The number of H-pyrrole nitrogens is 1. The largest absolute Gasteiger partial charge is 0.345 e. The Bertz CT molecular complexity index is 740. The zero-order valence-electron chi connectivity index (χ0n) is 12.7. The maximum Gasteiger partial charge on any atom is 0.272 e. The second-order valence-corrected chi connectivity index (χ2v) is 5.76. The highest BCUT2D eigenvalue weighted by Gasteiger charge is 2.27. The highest BCUT2D eigenvalue weighted by molar-refractivity contribution is 6.04. The first-order valence-electron chi connectivity index (χ1n) is 7.81. The van der Waals surface area contributed by atoms with Crippen LogP contribution in [-0.2, 0) is 0 Å². The highest BCUT2D eigenvalue weighted by atomic mass is 16.2. The first kappa shape index (κ1) is 14.7. The van der Waals surface area contributed by atoms with Crippen molar-refractivity contribution in [3.63, 3.8) is 0 Å². The van der Waals surface area contributed by atoms with Crippen molar-refractivity contribution in [3.8, 4) is 0 Å². The molecule has 0 spiro atoms. The summed E-state index contributed by atoms with van der Waals surface area (Å²) in [6.45, 7) is 5.08. The molecule has 1 saturated heterocycles. The van der Waals surface area contributed by atoms with Crippen LogP contribution in [0.4, 0.5) is 0 Å². The Morgan fingerprint density at radius 2 is 2.18 bits per heavy atom. The van der Waals surface area contributed by atoms with Gasteiger partial charge in [0.15, 0.2) is 5.69 Å². The minimum absolute atomic E-state index is 0.227. The van der Waals surface area contributed by atoms with Crippen LogP contribution in [0.25, 0.3) is 10.8 Å². The molecule has 2 atom stereocenters. The Labute approximate surface area is 128 Å². The van der Waals surface area contributed by atoms with E-state index in [0.717, 1.165) is 13.0 Å². The third-order valence-corrected chi connectivity index (χ3v) is 4.50. The summed E-state index contributed by atoms with van der Waals surface area (Å²) in [5.41, 5.74) is 0.00999. The number of carbonyl (C=O) groups excluding carboxylic acids is 1. The van der Waals surface area contributed by atoms with Crippen molar-refractivity contribution in [1.82, 2.24) is 15.5 Å². The molecule has 3 N–H and O–H groups in total. The summed E-state index contributed by atoms with van der Waals surface area (Å²) in [7, 11) is 0. The third-order valence-electron chi connectivity index (χ3n) is 4.50. The summed E-state index contributed by atoms with van der Waals surface area (Å²) in [6, 6.07) is 7.52. The van der Waals surface area contributed by atoms with Crippen molar-refractivity contribution >= 4 is 16.7 Å². The number of quaternary nitrogens is 1. The van der Waals surface area contributed by atoms with E-state index in [4.69, 9.17) is 0 Å². The Balaban J connectivity index is 1.78. The molecule has 22 heavy (non-hydrogen) atoms. The molecule has 116 valence electrons. The van der Waals surface area contributed by atoms with Gasteiger partial charge in [0.2, 0.25) is 0 Å². The van der Waals surface area contributed by atoms with E-state index in [0.29, 0.717) is 23.4 Å². The van der Waals surface area contributed by atoms with Crippen molar-refractivity contribution in [3.05, 3.63) is 40.3 Å². The Hall–Kier alpha value is -2.21. The number of rotatable bonds is 4. The van der Waals surface area contributed by atoms with E-state index < -0.39 is 0 Å². The van der Waals surface area contributed by atoms with Crippen LogP contribution in [0.15, 0.2) is 29.1 Å². The molecule has 1 amide bonds. The van der Waals surface area contributed by atoms with Crippen molar-refractivity contribution in [2.45, 2.75) is 25.8 Å². The van der Waals surface area contributed by atoms with E-state index >= 15 is 0 Å². The number of carbonyl (C=O) groups is 1. The van der Waals surface area contributed by atoms with Gasteiger partial charge >= 0.3 is 0 Å². The molecule has 1 fully saturated rings. The first-order valence-corrected chi connectivity index (χ1v) is 7.81. The van der Waals surface area contributed by atoms with E-state index in [2.05, 4.69) is 22.4 Å². The minimum atomic E-state index is -0.274. The van der Waals surface area contributed by atoms with Gasteiger partial charge in [0.05, 0.1) is 25.0 Å². The molecule has 6 nitrogen and oxygen atoms in total. The molecule has 1 aliphatic heterocycles. The van der Waals surface area contributed by atoms with Crippen LogP contribution in [0.2, 0.25) is 0 Å². The number of likely N-dealkylation sites (tertiary alicyclic amines) is 1. The number of hydrogen-bond donors (Lipinski definition) is 3. The van der Waals surface area contributed by atoms with Gasteiger partial charge in [0.1, 0.15) is 6.04 Å². The van der Waals surface area contributed by atoms with Gasteiger partial charge in [-0.05, 0) is 13.0 Å². The maximum atomic E-state index is 12.4. The Morgan fingerprint density at radius 3 is 2.95 bits per heavy atom. The topological polar surface area (TPSA) is 79.3 Å². The van der Waals surface area contributed by atoms with Gasteiger partial charge in [0.25, 0.3) is 11.5 Å². The first-order chi connectivity index (χ1) is 10.7. The summed E-state index contributed by atoms with van der Waals surface area (Å²) in [6.07, 6.45) is 2.35. The van der Waals surface area contributed by atoms with Gasteiger partial charge in [-0.1, -0.05) is 18.2 Å². The molecule has 2 unspecified atom stereocenters. The van der Waals surface area contributed by atoms with Gasteiger partial charge in [-0.2, -0.15) is 5.10 Å². The molecule has 0 saturated carbocycles. The number of aromatic amines is 1. The van der Waals surface area contributed by atoms with Crippen molar-refractivity contribution in [2.75, 3.05) is 19.6 Å². The molecule has 1 aromatic carbocycles. The molecule has 0 aliphatic carbocycles. The van der Waals surface area contributed by atoms with Gasteiger partial charge in [0, 0.05) is 18.2 Å². The van der Waals surface area contributed by atoms with Gasteiger partial charge in [-0.15, -0.1) is 0 Å². The van der Waals surface area contributed by atoms with Crippen LogP contribution < -0.4 is 15.8 Å². The molecular formula is C16H21N4O2+. The van der Waals surface area contributed by atoms with Gasteiger partial charge in [-0.25, -0.2) is 5.10 Å². The predicted molar refractivity (Wildman–Crippen MR) is 84.1 cm³/mol. The van der Waals surface area contributed by atoms with Crippen LogP contribution in [0.3, 0.4) is 0 Å². The molecular weight excluding hydrogens is 280 g/mol.